The van der Waals surface area contributed by atoms with E-state index in [2.05, 4.69) is 6.92 Å². The van der Waals surface area contributed by atoms with E-state index in [1.807, 2.05) is 25.1 Å². The summed E-state index contributed by atoms with van der Waals surface area (Å²) in [6.07, 6.45) is 4.47. The van der Waals surface area contributed by atoms with Crippen LogP contribution in [0.1, 0.15) is 48.5 Å². The molecule has 17 heavy (non-hydrogen) atoms. The quantitative estimate of drug-likeness (QED) is 0.624. The van der Waals surface area contributed by atoms with Crippen LogP contribution < -0.4 is 5.73 Å². The van der Waals surface area contributed by atoms with Crippen molar-refractivity contribution in [1.29, 1.82) is 0 Å². The third-order valence-electron chi connectivity index (χ3n) is 3.78. The van der Waals surface area contributed by atoms with Crippen molar-refractivity contribution >= 4 is 11.5 Å². The fourth-order valence-electron chi connectivity index (χ4n) is 2.78. The third kappa shape index (κ3) is 2.68. The second-order valence-electron chi connectivity index (χ2n) is 5.42. The van der Waals surface area contributed by atoms with Crippen molar-refractivity contribution in [2.24, 2.45) is 11.8 Å². The summed E-state index contributed by atoms with van der Waals surface area (Å²) >= 11 is 0. The van der Waals surface area contributed by atoms with Gasteiger partial charge in [-0.15, -0.1) is 0 Å². The van der Waals surface area contributed by atoms with E-state index in [-0.39, 0.29) is 11.7 Å². The average Bonchev–Trinajstić information content (AvgIpc) is 2.31. The van der Waals surface area contributed by atoms with Crippen molar-refractivity contribution in [3.8, 4) is 0 Å². The zero-order chi connectivity index (χ0) is 12.4. The number of hydrogen-bond acceptors (Lipinski definition) is 2. The summed E-state index contributed by atoms with van der Waals surface area (Å²) in [7, 11) is 0. The van der Waals surface area contributed by atoms with Crippen LogP contribution in [0.15, 0.2) is 18.2 Å². The number of hydrogen-bond donors (Lipinski definition) is 1. The van der Waals surface area contributed by atoms with E-state index in [9.17, 15) is 4.79 Å². The molecule has 1 aromatic carbocycles. The first-order chi connectivity index (χ1) is 8.08. The highest BCUT2D eigenvalue weighted by atomic mass is 16.1. The minimum Gasteiger partial charge on any atom is -0.398 e. The first-order valence-electron chi connectivity index (χ1n) is 6.48. The molecular formula is C15H21NO. The van der Waals surface area contributed by atoms with E-state index in [1.54, 1.807) is 0 Å². The van der Waals surface area contributed by atoms with Gasteiger partial charge in [0.05, 0.1) is 0 Å². The minimum atomic E-state index is 0.183. The van der Waals surface area contributed by atoms with E-state index < -0.39 is 0 Å². The van der Waals surface area contributed by atoms with Crippen LogP contribution in [-0.4, -0.2) is 5.78 Å². The molecule has 2 N–H and O–H groups in total. The average molecular weight is 231 g/mol. The molecule has 2 unspecified atom stereocenters. The first kappa shape index (κ1) is 12.2. The van der Waals surface area contributed by atoms with Crippen LogP contribution in [0.3, 0.4) is 0 Å². The van der Waals surface area contributed by atoms with Crippen LogP contribution >= 0.6 is 0 Å². The van der Waals surface area contributed by atoms with Crippen LogP contribution in [0.5, 0.6) is 0 Å². The third-order valence-corrected chi connectivity index (χ3v) is 3.78. The van der Waals surface area contributed by atoms with E-state index in [1.165, 1.54) is 12.8 Å². The van der Waals surface area contributed by atoms with Crippen molar-refractivity contribution in [3.05, 3.63) is 29.3 Å². The highest BCUT2D eigenvalue weighted by Gasteiger charge is 2.26. The van der Waals surface area contributed by atoms with Gasteiger partial charge in [0.25, 0.3) is 0 Å². The van der Waals surface area contributed by atoms with Crippen molar-refractivity contribution in [1.82, 2.24) is 0 Å². The van der Waals surface area contributed by atoms with Crippen LogP contribution in [-0.2, 0) is 0 Å². The number of Topliss-reactive ketones (excluding diaryl/α,β-unsaturated/α-hetero) is 1. The zero-order valence-electron chi connectivity index (χ0n) is 10.7. The van der Waals surface area contributed by atoms with Crippen molar-refractivity contribution in [2.75, 3.05) is 5.73 Å². The van der Waals surface area contributed by atoms with Gasteiger partial charge in [-0.2, -0.15) is 0 Å². The summed E-state index contributed by atoms with van der Waals surface area (Å²) in [5, 5.41) is 0. The standard InChI is InChI=1S/C15H21NO/c1-10-4-3-5-12(8-10)15(17)13-9-11(2)6-7-14(13)16/h6-7,9-10,12H,3-5,8,16H2,1-2H3. The predicted octanol–water partition coefficient (Wildman–Crippen LogP) is 3.59. The summed E-state index contributed by atoms with van der Waals surface area (Å²) in [4.78, 5) is 12.4. The lowest BCUT2D eigenvalue weighted by molar-refractivity contribution is 0.0869. The van der Waals surface area contributed by atoms with Crippen LogP contribution in [0.4, 0.5) is 5.69 Å². The fourth-order valence-corrected chi connectivity index (χ4v) is 2.78. The second-order valence-corrected chi connectivity index (χ2v) is 5.42. The van der Waals surface area contributed by atoms with Crippen LogP contribution in [0, 0.1) is 18.8 Å². The van der Waals surface area contributed by atoms with Gasteiger partial charge in [0.2, 0.25) is 0 Å². The molecule has 0 heterocycles. The number of carbonyl (C=O) groups excluding carboxylic acids is 1. The molecule has 0 aromatic heterocycles. The fraction of sp³-hybridized carbons (Fsp3) is 0.533. The Morgan fingerprint density at radius 2 is 2.12 bits per heavy atom. The van der Waals surface area contributed by atoms with Crippen molar-refractivity contribution in [3.63, 3.8) is 0 Å². The lowest BCUT2D eigenvalue weighted by Gasteiger charge is -2.26. The molecule has 1 aliphatic rings. The second kappa shape index (κ2) is 4.91. The number of benzene rings is 1. The Balaban J connectivity index is 2.21. The van der Waals surface area contributed by atoms with Gasteiger partial charge in [-0.3, -0.25) is 4.79 Å². The highest BCUT2D eigenvalue weighted by molar-refractivity contribution is 6.02. The SMILES string of the molecule is Cc1ccc(N)c(C(=O)C2CCCC(C)C2)c1. The number of carbonyl (C=O) groups is 1. The molecule has 0 radical (unpaired) electrons. The Labute approximate surface area is 103 Å². The van der Waals surface area contributed by atoms with Gasteiger partial charge < -0.3 is 5.73 Å². The predicted molar refractivity (Wildman–Crippen MR) is 71.0 cm³/mol. The molecule has 0 bridgehead atoms. The monoisotopic (exact) mass is 231 g/mol. The van der Waals surface area contributed by atoms with Crippen LogP contribution in [0.25, 0.3) is 0 Å². The number of nitrogens with two attached hydrogens (primary N) is 1. The smallest absolute Gasteiger partial charge is 0.168 e. The highest BCUT2D eigenvalue weighted by Crippen LogP contribution is 2.32. The topological polar surface area (TPSA) is 43.1 Å². The molecule has 2 rings (SSSR count). The van der Waals surface area contributed by atoms with Gasteiger partial charge in [0, 0.05) is 17.2 Å². The maximum atomic E-state index is 12.4. The number of ketones is 1. The molecule has 0 spiro atoms. The lowest BCUT2D eigenvalue weighted by atomic mass is 9.78. The molecule has 2 heteroatoms. The summed E-state index contributed by atoms with van der Waals surface area (Å²) in [5.41, 5.74) is 8.36. The molecule has 0 saturated heterocycles. The van der Waals surface area contributed by atoms with Gasteiger partial charge >= 0.3 is 0 Å². The van der Waals surface area contributed by atoms with Gasteiger partial charge in [0.1, 0.15) is 0 Å². The number of nitrogen functional groups attached to an aromatic ring is 1. The van der Waals surface area contributed by atoms with Crippen molar-refractivity contribution in [2.45, 2.75) is 39.5 Å². The molecule has 2 atom stereocenters. The molecule has 1 aromatic rings. The first-order valence-corrected chi connectivity index (χ1v) is 6.48. The maximum Gasteiger partial charge on any atom is 0.168 e. The molecule has 0 amide bonds. The molecular weight excluding hydrogens is 210 g/mol. The van der Waals surface area contributed by atoms with E-state index >= 15 is 0 Å². The van der Waals surface area contributed by atoms with Gasteiger partial charge in [-0.05, 0) is 37.8 Å². The summed E-state index contributed by atoms with van der Waals surface area (Å²) in [6, 6.07) is 5.72. The van der Waals surface area contributed by atoms with Gasteiger partial charge in [-0.25, -0.2) is 0 Å². The van der Waals surface area contributed by atoms with E-state index in [0.717, 1.165) is 24.0 Å². The van der Waals surface area contributed by atoms with E-state index in [0.29, 0.717) is 11.6 Å². The molecule has 1 saturated carbocycles. The normalized spacial score (nSPS) is 24.6. The van der Waals surface area contributed by atoms with Crippen molar-refractivity contribution < 1.29 is 4.79 Å². The molecule has 1 fully saturated rings. The Hall–Kier alpha value is -1.31. The molecule has 2 nitrogen and oxygen atoms in total. The van der Waals surface area contributed by atoms with Gasteiger partial charge in [0.15, 0.2) is 5.78 Å². The maximum absolute atomic E-state index is 12.4. The Morgan fingerprint density at radius 3 is 2.82 bits per heavy atom. The Morgan fingerprint density at radius 1 is 1.35 bits per heavy atom. The van der Waals surface area contributed by atoms with E-state index in [4.69, 9.17) is 5.73 Å². The molecule has 92 valence electrons. The number of anilines is 1. The Bertz CT molecular complexity index is 425. The summed E-state index contributed by atoms with van der Waals surface area (Å²) in [5.74, 6) is 1.10. The van der Waals surface area contributed by atoms with Crippen LogP contribution in [0.2, 0.25) is 0 Å². The van der Waals surface area contributed by atoms with Gasteiger partial charge in [-0.1, -0.05) is 31.4 Å². The summed E-state index contributed by atoms with van der Waals surface area (Å²) in [6.45, 7) is 4.23. The number of aryl methyl sites for hydroxylation is 1. The number of rotatable bonds is 2. The molecule has 1 aliphatic carbocycles. The lowest BCUT2D eigenvalue weighted by Crippen LogP contribution is -2.22. The zero-order valence-corrected chi connectivity index (χ0v) is 10.7. The largest absolute Gasteiger partial charge is 0.398 e. The molecule has 0 aliphatic heterocycles. The Kier molecular flexibility index (Phi) is 3.51. The summed E-state index contributed by atoms with van der Waals surface area (Å²) < 4.78 is 0. The minimum absolute atomic E-state index is 0.183.